The molecule has 2 aromatic carbocycles. The maximum Gasteiger partial charge on any atom is 0.251 e. The smallest absolute Gasteiger partial charge is 0.251 e. The van der Waals surface area contributed by atoms with E-state index < -0.39 is 27.7 Å². The number of terminal acetylenes is 1. The van der Waals surface area contributed by atoms with Crippen molar-refractivity contribution in [3.63, 3.8) is 0 Å². The van der Waals surface area contributed by atoms with E-state index in [1.807, 2.05) is 28.0 Å². The van der Waals surface area contributed by atoms with E-state index in [2.05, 4.69) is 11.2 Å². The zero-order valence-electron chi connectivity index (χ0n) is 18.5. The topological polar surface area (TPSA) is 119 Å². The van der Waals surface area contributed by atoms with Crippen LogP contribution in [0.15, 0.2) is 53.4 Å². The molecule has 2 aromatic rings. The van der Waals surface area contributed by atoms with Crippen LogP contribution in [0.4, 0.5) is 5.69 Å². The van der Waals surface area contributed by atoms with Crippen LogP contribution in [0.25, 0.3) is 0 Å². The van der Waals surface area contributed by atoms with Gasteiger partial charge < -0.3 is 10.2 Å². The fraction of sp³-hybridized carbons (Fsp3) is 0.333. The normalized spacial score (nSPS) is 21.4. The molecule has 0 unspecified atom stereocenters. The van der Waals surface area contributed by atoms with Gasteiger partial charge in [-0.15, -0.1) is 6.42 Å². The third-order valence-corrected chi connectivity index (χ3v) is 7.97. The third kappa shape index (κ3) is 4.92. The lowest BCUT2D eigenvalue weighted by Crippen LogP contribution is -2.45. The summed E-state index contributed by atoms with van der Waals surface area (Å²) in [5.74, 6) is 1.08. The summed E-state index contributed by atoms with van der Waals surface area (Å²) < 4.78 is 24.7. The highest BCUT2D eigenvalue weighted by Crippen LogP contribution is 2.31. The number of para-hydroxylation sites is 1. The van der Waals surface area contributed by atoms with Gasteiger partial charge in [-0.2, -0.15) is 0 Å². The highest BCUT2D eigenvalue weighted by Gasteiger charge is 2.38. The molecule has 0 bridgehead atoms. The Morgan fingerprint density at radius 2 is 1.85 bits per heavy atom. The first-order valence-electron chi connectivity index (χ1n) is 10.9. The average molecular weight is 483 g/mol. The van der Waals surface area contributed by atoms with Gasteiger partial charge in [0.15, 0.2) is 9.84 Å². The molecule has 0 aliphatic carbocycles. The van der Waals surface area contributed by atoms with E-state index in [0.29, 0.717) is 48.9 Å². The molecule has 4 rings (SSSR count). The molecule has 2 aliphatic heterocycles. The summed E-state index contributed by atoms with van der Waals surface area (Å²) in [5.41, 5.74) is 3.71. The zero-order valence-corrected chi connectivity index (χ0v) is 19.3. The van der Waals surface area contributed by atoms with E-state index in [1.54, 1.807) is 35.8 Å². The summed E-state index contributed by atoms with van der Waals surface area (Å²) >= 11 is 0. The largest absolute Gasteiger partial charge is 0.365 e. The minimum absolute atomic E-state index is 0.0607. The van der Waals surface area contributed by atoms with Gasteiger partial charge in [0.2, 0.25) is 5.91 Å². The van der Waals surface area contributed by atoms with Crippen LogP contribution in [0.1, 0.15) is 15.9 Å². The Kier molecular flexibility index (Phi) is 6.88. The van der Waals surface area contributed by atoms with Crippen LogP contribution in [-0.2, 0) is 21.2 Å². The maximum atomic E-state index is 12.8. The van der Waals surface area contributed by atoms with Crippen molar-refractivity contribution in [2.24, 2.45) is 5.92 Å². The van der Waals surface area contributed by atoms with Crippen LogP contribution in [-0.4, -0.2) is 68.3 Å². The Morgan fingerprint density at radius 3 is 2.56 bits per heavy atom. The molecule has 9 nitrogen and oxygen atoms in total. The quantitative estimate of drug-likeness (QED) is 0.314. The maximum absolute atomic E-state index is 12.8. The molecule has 34 heavy (non-hydrogen) atoms. The van der Waals surface area contributed by atoms with Crippen LogP contribution in [0.2, 0.25) is 0 Å². The van der Waals surface area contributed by atoms with Crippen molar-refractivity contribution in [3.05, 3.63) is 59.7 Å². The fourth-order valence-corrected chi connectivity index (χ4v) is 5.96. The van der Waals surface area contributed by atoms with Gasteiger partial charge in [0.05, 0.1) is 34.8 Å². The van der Waals surface area contributed by atoms with Gasteiger partial charge in [0.1, 0.15) is 0 Å². The van der Waals surface area contributed by atoms with Gasteiger partial charge in [-0.05, 0) is 29.8 Å². The van der Waals surface area contributed by atoms with Gasteiger partial charge in [-0.1, -0.05) is 30.2 Å². The molecule has 3 N–H and O–H groups in total. The zero-order chi connectivity index (χ0) is 24.3. The SMILES string of the molecule is C#CCN1C[C@H](C(=O)NO)[C@H](NC(=O)c2ccc(CN3CCS(=O)(=O)c4ccccc43)cc2)C1. The van der Waals surface area contributed by atoms with Crippen LogP contribution >= 0.6 is 0 Å². The summed E-state index contributed by atoms with van der Waals surface area (Å²) in [6.07, 6.45) is 5.36. The summed E-state index contributed by atoms with van der Waals surface area (Å²) in [6, 6.07) is 13.5. The molecule has 0 aromatic heterocycles. The number of carbonyl (C=O) groups excluding carboxylic acids is 2. The van der Waals surface area contributed by atoms with E-state index in [-0.39, 0.29) is 11.7 Å². The average Bonchev–Trinajstić information content (AvgIpc) is 3.23. The van der Waals surface area contributed by atoms with Crippen molar-refractivity contribution in [1.29, 1.82) is 0 Å². The van der Waals surface area contributed by atoms with E-state index in [0.717, 1.165) is 5.56 Å². The molecule has 1 fully saturated rings. The van der Waals surface area contributed by atoms with Crippen LogP contribution in [0.3, 0.4) is 0 Å². The van der Waals surface area contributed by atoms with Gasteiger partial charge in [0, 0.05) is 31.7 Å². The number of nitrogens with one attached hydrogen (secondary N) is 2. The standard InChI is InChI=1S/C24H26N4O5S/c1-2-11-27-15-19(24(30)26-31)20(16-27)25-23(29)18-9-7-17(8-10-18)14-28-12-13-34(32,33)22-6-4-3-5-21(22)28/h1,3-10,19-20,31H,11-16H2,(H,25,29)(H,26,30)/t19-,20+/m0/s1. The van der Waals surface area contributed by atoms with Crippen molar-refractivity contribution < 1.29 is 23.2 Å². The molecular weight excluding hydrogens is 456 g/mol. The Balaban J connectivity index is 1.43. The second-order valence-electron chi connectivity index (χ2n) is 8.47. The highest BCUT2D eigenvalue weighted by molar-refractivity contribution is 7.91. The molecule has 2 atom stereocenters. The number of rotatable bonds is 6. The van der Waals surface area contributed by atoms with Gasteiger partial charge in [-0.25, -0.2) is 13.9 Å². The molecule has 2 amide bonds. The first-order valence-corrected chi connectivity index (χ1v) is 12.5. The number of fused-ring (bicyclic) bond motifs is 1. The number of likely N-dealkylation sites (tertiary alicyclic amines) is 1. The minimum atomic E-state index is -3.27. The second-order valence-corrected chi connectivity index (χ2v) is 10.5. The van der Waals surface area contributed by atoms with E-state index in [4.69, 9.17) is 11.6 Å². The lowest BCUT2D eigenvalue weighted by atomic mass is 10.0. The van der Waals surface area contributed by atoms with E-state index in [9.17, 15) is 18.0 Å². The molecule has 0 spiro atoms. The summed E-state index contributed by atoms with van der Waals surface area (Å²) in [6.45, 7) is 2.00. The number of nitrogens with zero attached hydrogens (tertiary/aromatic N) is 2. The summed E-state index contributed by atoms with van der Waals surface area (Å²) in [7, 11) is -3.27. The van der Waals surface area contributed by atoms with Crippen LogP contribution in [0, 0.1) is 18.3 Å². The van der Waals surface area contributed by atoms with Crippen molar-refractivity contribution >= 4 is 27.3 Å². The highest BCUT2D eigenvalue weighted by atomic mass is 32.2. The first kappa shape index (κ1) is 23.8. The second kappa shape index (κ2) is 9.85. The number of hydrogen-bond donors (Lipinski definition) is 3. The van der Waals surface area contributed by atoms with E-state index >= 15 is 0 Å². The number of hydrogen-bond acceptors (Lipinski definition) is 7. The number of sulfone groups is 1. The van der Waals surface area contributed by atoms with Crippen molar-refractivity contribution in [2.75, 3.05) is 36.8 Å². The first-order chi connectivity index (χ1) is 16.3. The fourth-order valence-electron chi connectivity index (χ4n) is 4.48. The molecule has 2 aliphatic rings. The summed E-state index contributed by atoms with van der Waals surface area (Å²) in [5, 5.41) is 11.9. The predicted molar refractivity (Wildman–Crippen MR) is 126 cm³/mol. The van der Waals surface area contributed by atoms with Gasteiger partial charge >= 0.3 is 0 Å². The number of amides is 2. The monoisotopic (exact) mass is 482 g/mol. The number of anilines is 1. The lowest BCUT2D eigenvalue weighted by molar-refractivity contribution is -0.133. The predicted octanol–water partition coefficient (Wildman–Crippen LogP) is 0.649. The number of benzene rings is 2. The molecular formula is C24H26N4O5S. The number of hydroxylamine groups is 1. The lowest BCUT2D eigenvalue weighted by Gasteiger charge is -2.31. The Bertz CT molecular complexity index is 1220. The Labute approximate surface area is 198 Å². The van der Waals surface area contributed by atoms with Crippen molar-refractivity contribution in [1.82, 2.24) is 15.7 Å². The Hall–Kier alpha value is -3.39. The molecule has 1 saturated heterocycles. The molecule has 0 saturated carbocycles. The molecule has 10 heteroatoms. The Morgan fingerprint density at radius 1 is 1.12 bits per heavy atom. The molecule has 2 heterocycles. The van der Waals surface area contributed by atoms with Crippen molar-refractivity contribution in [2.45, 2.75) is 17.5 Å². The van der Waals surface area contributed by atoms with Crippen LogP contribution in [0.5, 0.6) is 0 Å². The molecule has 178 valence electrons. The molecule has 0 radical (unpaired) electrons. The summed E-state index contributed by atoms with van der Waals surface area (Å²) in [4.78, 5) is 29.1. The van der Waals surface area contributed by atoms with E-state index in [1.165, 1.54) is 0 Å². The minimum Gasteiger partial charge on any atom is -0.365 e. The third-order valence-electron chi connectivity index (χ3n) is 6.23. The van der Waals surface area contributed by atoms with Gasteiger partial charge in [0.25, 0.3) is 5.91 Å². The van der Waals surface area contributed by atoms with Crippen molar-refractivity contribution in [3.8, 4) is 12.3 Å². The van der Waals surface area contributed by atoms with Gasteiger partial charge in [-0.3, -0.25) is 19.7 Å². The number of carbonyl (C=O) groups is 2. The van der Waals surface area contributed by atoms with Crippen LogP contribution < -0.4 is 15.7 Å².